The Morgan fingerprint density at radius 1 is 1.50 bits per heavy atom. The largest absolute Gasteiger partial charge is 0.312 e. The van der Waals surface area contributed by atoms with E-state index in [0.717, 1.165) is 5.56 Å². The van der Waals surface area contributed by atoms with Gasteiger partial charge in [0, 0.05) is 12.4 Å². The molecule has 2 N–H and O–H groups in total. The predicted octanol–water partition coefficient (Wildman–Crippen LogP) is 0.605. The quantitative estimate of drug-likeness (QED) is 0.610. The van der Waals surface area contributed by atoms with E-state index < -0.39 is 6.04 Å². The van der Waals surface area contributed by atoms with Gasteiger partial charge in [-0.1, -0.05) is 0 Å². The Morgan fingerprint density at radius 3 is 2.60 bits per heavy atom. The van der Waals surface area contributed by atoms with Crippen LogP contribution in [0.3, 0.4) is 0 Å². The van der Waals surface area contributed by atoms with Gasteiger partial charge in [0.05, 0.1) is 6.07 Å². The molecule has 0 unspecified atom stereocenters. The van der Waals surface area contributed by atoms with Crippen LogP contribution in [-0.4, -0.2) is 4.98 Å². The summed E-state index contributed by atoms with van der Waals surface area (Å²) in [7, 11) is 0. The maximum atomic E-state index is 8.39. The third-order valence-corrected chi connectivity index (χ3v) is 1.20. The van der Waals surface area contributed by atoms with Gasteiger partial charge in [0.2, 0.25) is 0 Å². The van der Waals surface area contributed by atoms with Crippen LogP contribution in [0.25, 0.3) is 0 Å². The molecule has 0 aliphatic heterocycles. The van der Waals surface area contributed by atoms with Gasteiger partial charge in [0.15, 0.2) is 0 Å². The van der Waals surface area contributed by atoms with Gasteiger partial charge in [-0.2, -0.15) is 5.26 Å². The van der Waals surface area contributed by atoms with E-state index in [0.29, 0.717) is 0 Å². The smallest absolute Gasteiger partial charge is 0.118 e. The highest BCUT2D eigenvalue weighted by molar-refractivity contribution is 5.19. The first-order valence-electron chi connectivity index (χ1n) is 2.89. The maximum Gasteiger partial charge on any atom is 0.118 e. The minimum atomic E-state index is -0.525. The maximum absolute atomic E-state index is 8.39. The first-order chi connectivity index (χ1) is 4.84. The summed E-state index contributed by atoms with van der Waals surface area (Å²) >= 11 is 0. The summed E-state index contributed by atoms with van der Waals surface area (Å²) in [6, 6.07) is 4.87. The van der Waals surface area contributed by atoms with E-state index in [-0.39, 0.29) is 0 Å². The molecule has 0 spiro atoms. The fraction of sp³-hybridized carbons (Fsp3) is 0.143. The van der Waals surface area contributed by atoms with Crippen molar-refractivity contribution in [1.29, 1.82) is 5.26 Å². The summed E-state index contributed by atoms with van der Waals surface area (Å²) in [6.45, 7) is 0. The van der Waals surface area contributed by atoms with Crippen LogP contribution in [-0.2, 0) is 0 Å². The Kier molecular flexibility index (Phi) is 1.98. The van der Waals surface area contributed by atoms with E-state index in [1.54, 1.807) is 24.5 Å². The molecule has 1 rings (SSSR count). The molecular formula is C7H7N3. The van der Waals surface area contributed by atoms with Gasteiger partial charge in [0.25, 0.3) is 0 Å². The van der Waals surface area contributed by atoms with E-state index in [1.807, 2.05) is 6.07 Å². The molecule has 3 heteroatoms. The van der Waals surface area contributed by atoms with E-state index in [4.69, 9.17) is 11.0 Å². The minimum Gasteiger partial charge on any atom is -0.312 e. The molecule has 3 nitrogen and oxygen atoms in total. The Balaban J connectivity index is 2.88. The molecule has 1 aromatic rings. The third kappa shape index (κ3) is 1.30. The lowest BCUT2D eigenvalue weighted by molar-refractivity contribution is 0.921. The van der Waals surface area contributed by atoms with E-state index in [9.17, 15) is 0 Å². The average molecular weight is 133 g/mol. The first kappa shape index (κ1) is 6.72. The fourth-order valence-corrected chi connectivity index (χ4v) is 0.645. The van der Waals surface area contributed by atoms with Crippen molar-refractivity contribution < 1.29 is 0 Å². The second-order valence-electron chi connectivity index (χ2n) is 1.89. The first-order valence-corrected chi connectivity index (χ1v) is 2.89. The second kappa shape index (κ2) is 2.95. The molecule has 1 heterocycles. The van der Waals surface area contributed by atoms with Crippen LogP contribution in [0.1, 0.15) is 11.6 Å². The van der Waals surface area contributed by atoms with Crippen molar-refractivity contribution in [2.24, 2.45) is 5.73 Å². The monoisotopic (exact) mass is 133 g/mol. The molecule has 0 aromatic carbocycles. The summed E-state index contributed by atoms with van der Waals surface area (Å²) in [6.07, 6.45) is 3.24. The van der Waals surface area contributed by atoms with Crippen molar-refractivity contribution in [3.8, 4) is 6.07 Å². The topological polar surface area (TPSA) is 62.7 Å². The Bertz CT molecular complexity index is 237. The minimum absolute atomic E-state index is 0.525. The van der Waals surface area contributed by atoms with Crippen LogP contribution >= 0.6 is 0 Å². The van der Waals surface area contributed by atoms with Crippen LogP contribution in [0.5, 0.6) is 0 Å². The third-order valence-electron chi connectivity index (χ3n) is 1.20. The van der Waals surface area contributed by atoms with Crippen LogP contribution in [0.15, 0.2) is 24.5 Å². The molecule has 0 saturated carbocycles. The normalized spacial score (nSPS) is 12.0. The van der Waals surface area contributed by atoms with Gasteiger partial charge in [-0.05, 0) is 17.7 Å². The summed E-state index contributed by atoms with van der Waals surface area (Å²) in [4.78, 5) is 3.80. The number of nitriles is 1. The van der Waals surface area contributed by atoms with Crippen LogP contribution in [0, 0.1) is 11.3 Å². The number of hydrogen-bond donors (Lipinski definition) is 1. The van der Waals surface area contributed by atoms with Gasteiger partial charge >= 0.3 is 0 Å². The van der Waals surface area contributed by atoms with Gasteiger partial charge in [-0.25, -0.2) is 0 Å². The Hall–Kier alpha value is -1.40. The molecule has 0 bridgehead atoms. The zero-order valence-electron chi connectivity index (χ0n) is 5.36. The van der Waals surface area contributed by atoms with Crippen molar-refractivity contribution in [3.63, 3.8) is 0 Å². The molecule has 1 aromatic heterocycles. The van der Waals surface area contributed by atoms with E-state index in [2.05, 4.69) is 4.98 Å². The standard InChI is InChI=1S/C7H7N3/c8-5-7(9)6-1-3-10-4-2-6/h1-4,7H,9H2/t7-/m0/s1. The lowest BCUT2D eigenvalue weighted by Crippen LogP contribution is -2.06. The van der Waals surface area contributed by atoms with Crippen molar-refractivity contribution in [1.82, 2.24) is 4.98 Å². The summed E-state index contributed by atoms with van der Waals surface area (Å²) in [5.41, 5.74) is 6.21. The zero-order chi connectivity index (χ0) is 7.40. The second-order valence-corrected chi connectivity index (χ2v) is 1.89. The molecule has 1 atom stereocenters. The van der Waals surface area contributed by atoms with Gasteiger partial charge in [-0.15, -0.1) is 0 Å². The number of aromatic nitrogens is 1. The summed E-state index contributed by atoms with van der Waals surface area (Å²) in [5.74, 6) is 0. The Labute approximate surface area is 59.1 Å². The lowest BCUT2D eigenvalue weighted by atomic mass is 10.1. The highest BCUT2D eigenvalue weighted by atomic mass is 14.6. The molecule has 0 radical (unpaired) electrons. The Morgan fingerprint density at radius 2 is 2.10 bits per heavy atom. The van der Waals surface area contributed by atoms with Gasteiger partial charge < -0.3 is 5.73 Å². The highest BCUT2D eigenvalue weighted by Crippen LogP contribution is 2.05. The van der Waals surface area contributed by atoms with E-state index in [1.165, 1.54) is 0 Å². The molecule has 10 heavy (non-hydrogen) atoms. The number of rotatable bonds is 1. The molecular weight excluding hydrogens is 126 g/mol. The van der Waals surface area contributed by atoms with Crippen LogP contribution < -0.4 is 5.73 Å². The van der Waals surface area contributed by atoms with Gasteiger partial charge in [-0.3, -0.25) is 4.98 Å². The SMILES string of the molecule is N#C[C@H](N)c1ccncc1. The van der Waals surface area contributed by atoms with Crippen molar-refractivity contribution in [2.45, 2.75) is 6.04 Å². The van der Waals surface area contributed by atoms with Crippen molar-refractivity contribution in [3.05, 3.63) is 30.1 Å². The molecule has 50 valence electrons. The molecule has 0 aliphatic rings. The predicted molar refractivity (Wildman–Crippen MR) is 36.8 cm³/mol. The number of pyridine rings is 1. The van der Waals surface area contributed by atoms with Crippen LogP contribution in [0.4, 0.5) is 0 Å². The lowest BCUT2D eigenvalue weighted by Gasteiger charge is -1.98. The molecule has 0 fully saturated rings. The number of nitrogens with two attached hydrogens (primary N) is 1. The molecule has 0 amide bonds. The summed E-state index contributed by atoms with van der Waals surface area (Å²) < 4.78 is 0. The molecule has 0 saturated heterocycles. The fourth-order valence-electron chi connectivity index (χ4n) is 0.645. The van der Waals surface area contributed by atoms with Crippen molar-refractivity contribution in [2.75, 3.05) is 0 Å². The zero-order valence-corrected chi connectivity index (χ0v) is 5.36. The van der Waals surface area contributed by atoms with Gasteiger partial charge in [0.1, 0.15) is 6.04 Å². The highest BCUT2D eigenvalue weighted by Gasteiger charge is 2.00. The van der Waals surface area contributed by atoms with E-state index >= 15 is 0 Å². The molecule has 0 aliphatic carbocycles. The average Bonchev–Trinajstić information content (AvgIpc) is 2.05. The van der Waals surface area contributed by atoms with Crippen LogP contribution in [0.2, 0.25) is 0 Å². The summed E-state index contributed by atoms with van der Waals surface area (Å²) in [5, 5.41) is 8.39. The van der Waals surface area contributed by atoms with Crippen molar-refractivity contribution >= 4 is 0 Å². The number of hydrogen-bond acceptors (Lipinski definition) is 3. The number of nitrogens with zero attached hydrogens (tertiary/aromatic N) is 2.